The topological polar surface area (TPSA) is 70.8 Å². The SMILES string of the molecule is CC(Oc1ccccc1C(C)(C)C)SCc1n[nH]c(=O)[nH]1. The molecule has 6 heteroatoms. The Morgan fingerprint density at radius 2 is 2.05 bits per heavy atom. The average Bonchev–Trinajstić information content (AvgIpc) is 2.82. The second-order valence-electron chi connectivity index (χ2n) is 5.87. The van der Waals surface area contributed by atoms with Crippen molar-refractivity contribution in [3.05, 3.63) is 46.1 Å². The van der Waals surface area contributed by atoms with E-state index in [1.165, 1.54) is 5.56 Å². The Balaban J connectivity index is 1.99. The Morgan fingerprint density at radius 1 is 1.33 bits per heavy atom. The Bertz CT molecular complexity index is 643. The summed E-state index contributed by atoms with van der Waals surface area (Å²) in [5.74, 6) is 2.13. The summed E-state index contributed by atoms with van der Waals surface area (Å²) in [5.41, 5.74) is 0.908. The maximum absolute atomic E-state index is 11.0. The molecule has 0 aliphatic rings. The highest BCUT2D eigenvalue weighted by Gasteiger charge is 2.19. The van der Waals surface area contributed by atoms with Crippen molar-refractivity contribution in [3.8, 4) is 5.75 Å². The van der Waals surface area contributed by atoms with Crippen molar-refractivity contribution >= 4 is 11.8 Å². The predicted molar refractivity (Wildman–Crippen MR) is 85.7 cm³/mol. The van der Waals surface area contributed by atoms with Gasteiger partial charge in [-0.15, -0.1) is 11.8 Å². The van der Waals surface area contributed by atoms with Gasteiger partial charge in [-0.2, -0.15) is 5.10 Å². The molecule has 1 unspecified atom stereocenters. The fraction of sp³-hybridized carbons (Fsp3) is 0.467. The molecule has 114 valence electrons. The maximum Gasteiger partial charge on any atom is 0.340 e. The maximum atomic E-state index is 11.0. The van der Waals surface area contributed by atoms with Gasteiger partial charge in [0.05, 0.1) is 5.75 Å². The van der Waals surface area contributed by atoms with Gasteiger partial charge in [-0.3, -0.25) is 4.98 Å². The first-order valence-electron chi connectivity index (χ1n) is 6.87. The summed E-state index contributed by atoms with van der Waals surface area (Å²) >= 11 is 1.58. The zero-order chi connectivity index (χ0) is 15.5. The first-order valence-corrected chi connectivity index (χ1v) is 7.92. The van der Waals surface area contributed by atoms with Gasteiger partial charge in [0, 0.05) is 0 Å². The molecule has 0 spiro atoms. The first kappa shape index (κ1) is 15.7. The standard InChI is InChI=1S/C15H21N3O2S/c1-10(21-9-13-16-14(19)18-17-13)20-12-8-6-5-7-11(12)15(2,3)4/h5-8,10H,9H2,1-4H3,(H2,16,17,18,19). The van der Waals surface area contributed by atoms with Crippen LogP contribution in [-0.2, 0) is 11.2 Å². The molecular formula is C15H21N3O2S. The summed E-state index contributed by atoms with van der Waals surface area (Å²) in [6, 6.07) is 8.10. The molecule has 2 rings (SSSR count). The van der Waals surface area contributed by atoms with Crippen molar-refractivity contribution in [2.45, 2.75) is 44.3 Å². The highest BCUT2D eigenvalue weighted by molar-refractivity contribution is 7.98. The minimum atomic E-state index is -0.280. The Kier molecular flexibility index (Phi) is 4.77. The van der Waals surface area contributed by atoms with E-state index in [0.717, 1.165) is 5.75 Å². The van der Waals surface area contributed by atoms with Gasteiger partial charge in [0.1, 0.15) is 17.0 Å². The molecule has 2 N–H and O–H groups in total. The van der Waals surface area contributed by atoms with E-state index in [1.54, 1.807) is 11.8 Å². The van der Waals surface area contributed by atoms with E-state index in [4.69, 9.17) is 4.74 Å². The number of benzene rings is 1. The molecule has 2 aromatic rings. The van der Waals surface area contributed by atoms with Crippen LogP contribution in [0.3, 0.4) is 0 Å². The minimum Gasteiger partial charge on any atom is -0.480 e. The molecule has 1 atom stereocenters. The second kappa shape index (κ2) is 6.39. The fourth-order valence-corrected chi connectivity index (χ4v) is 2.67. The number of H-pyrrole nitrogens is 2. The zero-order valence-corrected chi connectivity index (χ0v) is 13.6. The lowest BCUT2D eigenvalue weighted by atomic mass is 9.86. The Labute approximate surface area is 128 Å². The summed E-state index contributed by atoms with van der Waals surface area (Å²) in [6.45, 7) is 8.50. The van der Waals surface area contributed by atoms with Crippen LogP contribution >= 0.6 is 11.8 Å². The Hall–Kier alpha value is -1.69. The molecule has 0 saturated carbocycles. The van der Waals surface area contributed by atoms with Crippen LogP contribution in [0.2, 0.25) is 0 Å². The molecule has 0 amide bonds. The minimum absolute atomic E-state index is 0.0336. The largest absolute Gasteiger partial charge is 0.480 e. The smallest absolute Gasteiger partial charge is 0.340 e. The average molecular weight is 307 g/mol. The molecule has 1 aromatic carbocycles. The number of aromatic nitrogens is 3. The highest BCUT2D eigenvalue weighted by atomic mass is 32.2. The van der Waals surface area contributed by atoms with Crippen LogP contribution in [0, 0.1) is 0 Å². The summed E-state index contributed by atoms with van der Waals surface area (Å²) in [7, 11) is 0. The van der Waals surface area contributed by atoms with Crippen LogP contribution in [0.4, 0.5) is 0 Å². The van der Waals surface area contributed by atoms with Gasteiger partial charge in [-0.05, 0) is 24.0 Å². The van der Waals surface area contributed by atoms with Crippen LogP contribution in [-0.4, -0.2) is 20.6 Å². The third kappa shape index (κ3) is 4.39. The summed E-state index contributed by atoms with van der Waals surface area (Å²) in [4.78, 5) is 13.6. The number of aromatic amines is 2. The Morgan fingerprint density at radius 3 is 2.67 bits per heavy atom. The van der Waals surface area contributed by atoms with Gasteiger partial charge < -0.3 is 4.74 Å². The lowest BCUT2D eigenvalue weighted by Crippen LogP contribution is -2.16. The van der Waals surface area contributed by atoms with Crippen molar-refractivity contribution in [2.75, 3.05) is 0 Å². The van der Waals surface area contributed by atoms with Crippen LogP contribution in [0.1, 0.15) is 39.1 Å². The lowest BCUT2D eigenvalue weighted by molar-refractivity contribution is 0.299. The van der Waals surface area contributed by atoms with Gasteiger partial charge >= 0.3 is 5.69 Å². The van der Waals surface area contributed by atoms with E-state index < -0.39 is 0 Å². The number of nitrogens with one attached hydrogen (secondary N) is 2. The van der Waals surface area contributed by atoms with Crippen LogP contribution in [0.15, 0.2) is 29.1 Å². The molecule has 5 nitrogen and oxygen atoms in total. The molecule has 21 heavy (non-hydrogen) atoms. The van der Waals surface area contributed by atoms with Crippen LogP contribution < -0.4 is 10.4 Å². The monoisotopic (exact) mass is 307 g/mol. The molecule has 0 aliphatic carbocycles. The molecule has 1 heterocycles. The molecule has 1 aromatic heterocycles. The quantitative estimate of drug-likeness (QED) is 0.833. The van der Waals surface area contributed by atoms with Gasteiger partial charge in [-0.25, -0.2) is 9.89 Å². The zero-order valence-electron chi connectivity index (χ0n) is 12.8. The molecular weight excluding hydrogens is 286 g/mol. The van der Waals surface area contributed by atoms with Crippen molar-refractivity contribution in [2.24, 2.45) is 0 Å². The molecule has 0 saturated heterocycles. The van der Waals surface area contributed by atoms with E-state index in [9.17, 15) is 4.79 Å². The van der Waals surface area contributed by atoms with Crippen LogP contribution in [0.25, 0.3) is 0 Å². The van der Waals surface area contributed by atoms with Gasteiger partial charge in [-0.1, -0.05) is 39.0 Å². The summed E-state index contributed by atoms with van der Waals surface area (Å²) in [6.07, 6.45) is 0. The number of ether oxygens (including phenoxy) is 1. The predicted octanol–water partition coefficient (Wildman–Crippen LogP) is 3.05. The number of thioether (sulfide) groups is 1. The van der Waals surface area contributed by atoms with E-state index in [0.29, 0.717) is 11.6 Å². The number of hydrogen-bond acceptors (Lipinski definition) is 4. The normalized spacial score (nSPS) is 13.1. The summed E-state index contributed by atoms with van der Waals surface area (Å²) in [5, 5.41) is 6.24. The number of rotatable bonds is 5. The molecule has 0 fully saturated rings. The van der Waals surface area contributed by atoms with Crippen molar-refractivity contribution in [1.82, 2.24) is 15.2 Å². The third-order valence-corrected chi connectivity index (χ3v) is 4.00. The van der Waals surface area contributed by atoms with Gasteiger partial charge in [0.15, 0.2) is 0 Å². The molecule has 0 aliphatic heterocycles. The van der Waals surface area contributed by atoms with E-state index >= 15 is 0 Å². The van der Waals surface area contributed by atoms with Crippen molar-refractivity contribution < 1.29 is 4.74 Å². The van der Waals surface area contributed by atoms with Crippen molar-refractivity contribution in [1.29, 1.82) is 0 Å². The van der Waals surface area contributed by atoms with Gasteiger partial charge in [0.25, 0.3) is 0 Å². The third-order valence-electron chi connectivity index (χ3n) is 2.99. The van der Waals surface area contributed by atoms with E-state index in [1.807, 2.05) is 25.1 Å². The van der Waals surface area contributed by atoms with Crippen molar-refractivity contribution in [3.63, 3.8) is 0 Å². The number of hydrogen-bond donors (Lipinski definition) is 2. The first-order chi connectivity index (χ1) is 9.86. The molecule has 0 radical (unpaired) electrons. The molecule has 0 bridgehead atoms. The summed E-state index contributed by atoms with van der Waals surface area (Å²) < 4.78 is 6.03. The van der Waals surface area contributed by atoms with E-state index in [-0.39, 0.29) is 16.5 Å². The van der Waals surface area contributed by atoms with Gasteiger partial charge in [0.2, 0.25) is 0 Å². The highest BCUT2D eigenvalue weighted by Crippen LogP contribution is 2.32. The number of nitrogens with zero attached hydrogens (tertiary/aromatic N) is 1. The van der Waals surface area contributed by atoms with Crippen LogP contribution in [0.5, 0.6) is 5.75 Å². The fourth-order valence-electron chi connectivity index (χ4n) is 1.97. The lowest BCUT2D eigenvalue weighted by Gasteiger charge is -2.24. The van der Waals surface area contributed by atoms with E-state index in [2.05, 4.69) is 42.0 Å². The number of para-hydroxylation sites is 1. The second-order valence-corrected chi connectivity index (χ2v) is 7.15.